The fourth-order valence-electron chi connectivity index (χ4n) is 1.67. The quantitative estimate of drug-likeness (QED) is 0.801. The number of aliphatic hydroxyl groups excluding tert-OH is 1. The van der Waals surface area contributed by atoms with Crippen molar-refractivity contribution in [2.24, 2.45) is 5.92 Å². The summed E-state index contributed by atoms with van der Waals surface area (Å²) in [6, 6.07) is 7.42. The maximum Gasteiger partial charge on any atom is 0.0928 e. The van der Waals surface area contributed by atoms with Gasteiger partial charge in [0.25, 0.3) is 0 Å². The second kappa shape index (κ2) is 7.98. The van der Waals surface area contributed by atoms with Gasteiger partial charge in [-0.05, 0) is 30.5 Å². The van der Waals surface area contributed by atoms with Crippen LogP contribution < -0.4 is 5.32 Å². The van der Waals surface area contributed by atoms with E-state index in [4.69, 9.17) is 11.6 Å². The van der Waals surface area contributed by atoms with E-state index in [0.29, 0.717) is 17.5 Å². The number of hydrogen-bond acceptors (Lipinski definition) is 3. The van der Waals surface area contributed by atoms with Crippen LogP contribution in [0.3, 0.4) is 0 Å². The zero-order valence-corrected chi connectivity index (χ0v) is 11.9. The Morgan fingerprint density at radius 1 is 1.35 bits per heavy atom. The predicted molar refractivity (Wildman–Crippen MR) is 76.8 cm³/mol. The Balaban J connectivity index is 2.35. The molecule has 0 spiro atoms. The Morgan fingerprint density at radius 3 is 2.71 bits per heavy atom. The van der Waals surface area contributed by atoms with Gasteiger partial charge in [0.2, 0.25) is 0 Å². The highest BCUT2D eigenvalue weighted by molar-refractivity contribution is 7.98. The van der Waals surface area contributed by atoms with Crippen molar-refractivity contribution in [1.29, 1.82) is 0 Å². The highest BCUT2D eigenvalue weighted by Crippen LogP contribution is 2.21. The normalized spacial score (nSPS) is 14.6. The van der Waals surface area contributed by atoms with Crippen molar-refractivity contribution >= 4 is 23.4 Å². The van der Waals surface area contributed by atoms with Gasteiger partial charge in [-0.1, -0.05) is 36.7 Å². The number of hydrogen-bond donors (Lipinski definition) is 2. The molecule has 0 amide bonds. The molecule has 0 bridgehead atoms. The summed E-state index contributed by atoms with van der Waals surface area (Å²) in [5.41, 5.74) is 0.791. The van der Waals surface area contributed by atoms with Gasteiger partial charge < -0.3 is 10.4 Å². The summed E-state index contributed by atoms with van der Waals surface area (Å²) < 4.78 is 0. The fourth-order valence-corrected chi connectivity index (χ4v) is 2.61. The van der Waals surface area contributed by atoms with Crippen LogP contribution in [0.5, 0.6) is 0 Å². The van der Waals surface area contributed by atoms with Crippen molar-refractivity contribution in [2.75, 3.05) is 25.1 Å². The third-order valence-electron chi connectivity index (χ3n) is 2.55. The van der Waals surface area contributed by atoms with Gasteiger partial charge in [-0.2, -0.15) is 11.8 Å². The summed E-state index contributed by atoms with van der Waals surface area (Å²) in [7, 11) is 0. The van der Waals surface area contributed by atoms with E-state index >= 15 is 0 Å². The molecule has 0 aliphatic carbocycles. The van der Waals surface area contributed by atoms with Gasteiger partial charge >= 0.3 is 0 Å². The Bertz CT molecular complexity index is 335. The molecule has 0 heterocycles. The van der Waals surface area contributed by atoms with E-state index < -0.39 is 6.10 Å². The van der Waals surface area contributed by atoms with Crippen molar-refractivity contribution in [1.82, 2.24) is 5.32 Å². The summed E-state index contributed by atoms with van der Waals surface area (Å²) in [6.45, 7) is 3.66. The van der Waals surface area contributed by atoms with Crippen LogP contribution in [-0.2, 0) is 0 Å². The molecule has 2 N–H and O–H groups in total. The molecule has 2 unspecified atom stereocenters. The number of benzene rings is 1. The third-order valence-corrected chi connectivity index (χ3v) is 3.79. The lowest BCUT2D eigenvalue weighted by atomic mass is 10.1. The first-order valence-electron chi connectivity index (χ1n) is 5.77. The standard InChI is InChI=1S/C13H20ClNOS/c1-10(9-17-2)7-15-8-13(16)11-5-3-4-6-12(11)14/h3-6,10,13,15-16H,7-9H2,1-2H3. The molecule has 1 aromatic rings. The van der Waals surface area contributed by atoms with Crippen LogP contribution in [-0.4, -0.2) is 30.2 Å². The Kier molecular flexibility index (Phi) is 6.97. The van der Waals surface area contributed by atoms with Gasteiger partial charge in [0, 0.05) is 17.1 Å². The molecule has 17 heavy (non-hydrogen) atoms. The molecule has 4 heteroatoms. The average molecular weight is 274 g/mol. The summed E-state index contributed by atoms with van der Waals surface area (Å²) in [6.07, 6.45) is 1.57. The number of thioether (sulfide) groups is 1. The predicted octanol–water partition coefficient (Wildman–Crippen LogP) is 2.96. The van der Waals surface area contributed by atoms with Crippen molar-refractivity contribution < 1.29 is 5.11 Å². The molecule has 0 saturated heterocycles. The van der Waals surface area contributed by atoms with Crippen LogP contribution in [0.25, 0.3) is 0 Å². The average Bonchev–Trinajstić information content (AvgIpc) is 2.29. The van der Waals surface area contributed by atoms with E-state index in [1.165, 1.54) is 0 Å². The van der Waals surface area contributed by atoms with Crippen LogP contribution in [0.4, 0.5) is 0 Å². The summed E-state index contributed by atoms with van der Waals surface area (Å²) in [5.74, 6) is 1.75. The summed E-state index contributed by atoms with van der Waals surface area (Å²) in [4.78, 5) is 0. The fraction of sp³-hybridized carbons (Fsp3) is 0.538. The van der Waals surface area contributed by atoms with E-state index in [9.17, 15) is 5.11 Å². The second-order valence-electron chi connectivity index (χ2n) is 4.26. The molecule has 2 atom stereocenters. The van der Waals surface area contributed by atoms with Crippen LogP contribution in [0, 0.1) is 5.92 Å². The van der Waals surface area contributed by atoms with Gasteiger partial charge in [-0.15, -0.1) is 0 Å². The molecule has 1 rings (SSSR count). The molecule has 0 aliphatic heterocycles. The maximum absolute atomic E-state index is 9.99. The molecular formula is C13H20ClNOS. The second-order valence-corrected chi connectivity index (χ2v) is 5.57. The number of aliphatic hydroxyl groups is 1. The van der Waals surface area contributed by atoms with Crippen molar-refractivity contribution in [3.05, 3.63) is 34.9 Å². The molecule has 0 saturated carbocycles. The minimum absolute atomic E-state index is 0.537. The Labute approximate surface area is 113 Å². The highest BCUT2D eigenvalue weighted by Gasteiger charge is 2.10. The minimum Gasteiger partial charge on any atom is -0.387 e. The Hall–Kier alpha value is -0.220. The van der Waals surface area contributed by atoms with Crippen LogP contribution in [0.1, 0.15) is 18.6 Å². The molecule has 1 aromatic carbocycles. The molecule has 0 fully saturated rings. The molecule has 2 nitrogen and oxygen atoms in total. The lowest BCUT2D eigenvalue weighted by Crippen LogP contribution is -2.27. The summed E-state index contributed by atoms with van der Waals surface area (Å²) >= 11 is 7.86. The first-order valence-corrected chi connectivity index (χ1v) is 7.54. The zero-order chi connectivity index (χ0) is 12.7. The highest BCUT2D eigenvalue weighted by atomic mass is 35.5. The van der Waals surface area contributed by atoms with E-state index in [0.717, 1.165) is 17.9 Å². The van der Waals surface area contributed by atoms with Crippen molar-refractivity contribution in [3.8, 4) is 0 Å². The minimum atomic E-state index is -0.537. The van der Waals surface area contributed by atoms with Crippen LogP contribution in [0.15, 0.2) is 24.3 Å². The number of nitrogens with one attached hydrogen (secondary N) is 1. The van der Waals surface area contributed by atoms with Crippen LogP contribution in [0.2, 0.25) is 5.02 Å². The molecular weight excluding hydrogens is 254 g/mol. The van der Waals surface area contributed by atoms with E-state index in [1.54, 1.807) is 6.07 Å². The zero-order valence-electron chi connectivity index (χ0n) is 10.3. The molecule has 0 radical (unpaired) electrons. The SMILES string of the molecule is CSCC(C)CNCC(O)c1ccccc1Cl. The smallest absolute Gasteiger partial charge is 0.0928 e. The first kappa shape index (κ1) is 14.8. The van der Waals surface area contributed by atoms with Gasteiger partial charge in [-0.25, -0.2) is 0 Å². The lowest BCUT2D eigenvalue weighted by molar-refractivity contribution is 0.173. The molecule has 96 valence electrons. The van der Waals surface area contributed by atoms with E-state index in [1.807, 2.05) is 30.0 Å². The van der Waals surface area contributed by atoms with Gasteiger partial charge in [-0.3, -0.25) is 0 Å². The van der Waals surface area contributed by atoms with Crippen LogP contribution >= 0.6 is 23.4 Å². The Morgan fingerprint density at radius 2 is 2.06 bits per heavy atom. The first-order chi connectivity index (χ1) is 8.15. The lowest BCUT2D eigenvalue weighted by Gasteiger charge is -2.16. The largest absolute Gasteiger partial charge is 0.387 e. The van der Waals surface area contributed by atoms with Gasteiger partial charge in [0.1, 0.15) is 0 Å². The van der Waals surface area contributed by atoms with Gasteiger partial charge in [0.05, 0.1) is 6.10 Å². The van der Waals surface area contributed by atoms with Crippen molar-refractivity contribution in [2.45, 2.75) is 13.0 Å². The van der Waals surface area contributed by atoms with Crippen molar-refractivity contribution in [3.63, 3.8) is 0 Å². The van der Waals surface area contributed by atoms with E-state index in [2.05, 4.69) is 18.5 Å². The van der Waals surface area contributed by atoms with Gasteiger partial charge in [0.15, 0.2) is 0 Å². The van der Waals surface area contributed by atoms with E-state index in [-0.39, 0.29) is 0 Å². The monoisotopic (exact) mass is 273 g/mol. The summed E-state index contributed by atoms with van der Waals surface area (Å²) in [5, 5.41) is 13.9. The molecule has 0 aromatic heterocycles. The number of halogens is 1. The topological polar surface area (TPSA) is 32.3 Å². The number of rotatable bonds is 7. The maximum atomic E-state index is 9.99. The molecule has 0 aliphatic rings. The third kappa shape index (κ3) is 5.30.